The summed E-state index contributed by atoms with van der Waals surface area (Å²) in [5, 5.41) is 0.589. The molecule has 3 N–H and O–H groups in total. The quantitative estimate of drug-likeness (QED) is 0.766. The van der Waals surface area contributed by atoms with Crippen LogP contribution in [-0.2, 0) is 10.0 Å². The number of sulfonamides is 1. The Morgan fingerprint density at radius 1 is 1.33 bits per heavy atom. The molecule has 0 heterocycles. The summed E-state index contributed by atoms with van der Waals surface area (Å²) in [5.41, 5.74) is 5.84. The molecule has 2 rings (SSSR count). The Labute approximate surface area is 137 Å². The third kappa shape index (κ3) is 4.12. The second kappa shape index (κ2) is 6.85. The van der Waals surface area contributed by atoms with E-state index < -0.39 is 20.7 Å². The van der Waals surface area contributed by atoms with Crippen LogP contribution in [0.2, 0.25) is 0 Å². The molecule has 118 valence electrons. The molecule has 1 saturated carbocycles. The van der Waals surface area contributed by atoms with E-state index in [2.05, 4.69) is 26.9 Å². The maximum atomic E-state index is 13.9. The fourth-order valence-electron chi connectivity index (χ4n) is 2.45. The predicted molar refractivity (Wildman–Crippen MR) is 88.4 cm³/mol. The highest BCUT2D eigenvalue weighted by Crippen LogP contribution is 2.29. The summed E-state index contributed by atoms with van der Waals surface area (Å²) in [6, 6.07) is 2.09. The molecule has 8 heteroatoms. The van der Waals surface area contributed by atoms with E-state index in [0.717, 1.165) is 37.8 Å². The minimum absolute atomic E-state index is 0.136. The number of halogens is 2. The van der Waals surface area contributed by atoms with Crippen molar-refractivity contribution in [1.29, 1.82) is 0 Å². The molecule has 1 fully saturated rings. The first-order valence-corrected chi connectivity index (χ1v) is 10.2. The average Bonchev–Trinajstić information content (AvgIpc) is 2.43. The van der Waals surface area contributed by atoms with Crippen LogP contribution < -0.4 is 10.5 Å². The molecule has 0 spiro atoms. The number of hydrogen-bond donors (Lipinski definition) is 2. The zero-order chi connectivity index (χ0) is 15.6. The van der Waals surface area contributed by atoms with Gasteiger partial charge in [-0.3, -0.25) is 0 Å². The Morgan fingerprint density at radius 3 is 2.52 bits per heavy atom. The summed E-state index contributed by atoms with van der Waals surface area (Å²) in [6.07, 6.45) is 5.56. The molecule has 0 bridgehead atoms. The molecule has 0 radical (unpaired) electrons. The van der Waals surface area contributed by atoms with Crippen LogP contribution in [0.25, 0.3) is 0 Å². The summed E-state index contributed by atoms with van der Waals surface area (Å²) in [7, 11) is -3.89. The molecule has 1 aromatic rings. The van der Waals surface area contributed by atoms with Gasteiger partial charge in [0.15, 0.2) is 0 Å². The second-order valence-electron chi connectivity index (χ2n) is 5.13. The van der Waals surface area contributed by atoms with Crippen LogP contribution in [0.1, 0.15) is 25.7 Å². The van der Waals surface area contributed by atoms with E-state index in [1.165, 1.54) is 0 Å². The summed E-state index contributed by atoms with van der Waals surface area (Å²) >= 11 is 4.89. The Hall–Kier alpha value is -0.310. The molecule has 0 atom stereocenters. The van der Waals surface area contributed by atoms with Crippen molar-refractivity contribution >= 4 is 43.4 Å². The number of rotatable bonds is 4. The third-order valence-corrected chi connectivity index (χ3v) is 7.03. The molecule has 0 amide bonds. The Balaban J connectivity index is 2.14. The summed E-state index contributed by atoms with van der Waals surface area (Å²) in [6.45, 7) is 0. The van der Waals surface area contributed by atoms with Crippen molar-refractivity contribution in [2.24, 2.45) is 0 Å². The van der Waals surface area contributed by atoms with Crippen molar-refractivity contribution < 1.29 is 12.8 Å². The lowest BCUT2D eigenvalue weighted by molar-refractivity contribution is 0.419. The number of nitrogens with one attached hydrogen (secondary N) is 1. The van der Waals surface area contributed by atoms with Crippen LogP contribution in [0.3, 0.4) is 0 Å². The van der Waals surface area contributed by atoms with Crippen LogP contribution in [0.15, 0.2) is 21.5 Å². The fourth-order valence-corrected chi connectivity index (χ4v) is 4.91. The Morgan fingerprint density at radius 2 is 1.95 bits per heavy atom. The van der Waals surface area contributed by atoms with E-state index in [9.17, 15) is 12.8 Å². The minimum atomic E-state index is -3.89. The largest absolute Gasteiger partial charge is 0.398 e. The maximum Gasteiger partial charge on any atom is 0.243 e. The van der Waals surface area contributed by atoms with Gasteiger partial charge in [0.25, 0.3) is 0 Å². The number of nitrogens with two attached hydrogens (primary N) is 1. The van der Waals surface area contributed by atoms with Crippen LogP contribution in [0.5, 0.6) is 0 Å². The van der Waals surface area contributed by atoms with E-state index >= 15 is 0 Å². The molecule has 0 unspecified atom stereocenters. The van der Waals surface area contributed by atoms with Gasteiger partial charge in [0, 0.05) is 21.5 Å². The van der Waals surface area contributed by atoms with Gasteiger partial charge in [-0.15, -0.1) is 0 Å². The van der Waals surface area contributed by atoms with Crippen molar-refractivity contribution in [3.05, 3.63) is 22.4 Å². The highest BCUT2D eigenvalue weighted by Gasteiger charge is 2.27. The van der Waals surface area contributed by atoms with Gasteiger partial charge >= 0.3 is 0 Å². The molecule has 1 aliphatic rings. The monoisotopic (exact) mass is 396 g/mol. The van der Waals surface area contributed by atoms with Crippen LogP contribution >= 0.6 is 27.7 Å². The highest BCUT2D eigenvalue weighted by molar-refractivity contribution is 9.10. The number of anilines is 1. The molecule has 0 aromatic heterocycles. The average molecular weight is 397 g/mol. The van der Waals surface area contributed by atoms with Gasteiger partial charge in [0.05, 0.1) is 0 Å². The van der Waals surface area contributed by atoms with E-state index in [-0.39, 0.29) is 11.7 Å². The molecule has 0 aliphatic heterocycles. The lowest BCUT2D eigenvalue weighted by Crippen LogP contribution is -2.38. The van der Waals surface area contributed by atoms with Crippen molar-refractivity contribution in [2.45, 2.75) is 41.9 Å². The van der Waals surface area contributed by atoms with Gasteiger partial charge in [-0.2, -0.15) is 11.8 Å². The first-order valence-electron chi connectivity index (χ1n) is 6.63. The van der Waals surface area contributed by atoms with E-state index in [0.29, 0.717) is 9.72 Å². The van der Waals surface area contributed by atoms with Crippen molar-refractivity contribution in [3.63, 3.8) is 0 Å². The topological polar surface area (TPSA) is 72.2 Å². The Bertz CT molecular complexity index is 617. The van der Waals surface area contributed by atoms with E-state index in [1.807, 2.05) is 11.8 Å². The molecular weight excluding hydrogens is 379 g/mol. The van der Waals surface area contributed by atoms with Gasteiger partial charge < -0.3 is 5.73 Å². The summed E-state index contributed by atoms with van der Waals surface area (Å²) in [4.78, 5) is -0.393. The van der Waals surface area contributed by atoms with Crippen LogP contribution in [0.4, 0.5) is 10.1 Å². The maximum absolute atomic E-state index is 13.9. The van der Waals surface area contributed by atoms with Crippen LogP contribution in [-0.4, -0.2) is 26.0 Å². The molecule has 1 aromatic carbocycles. The van der Waals surface area contributed by atoms with Gasteiger partial charge in [0.2, 0.25) is 10.0 Å². The third-order valence-electron chi connectivity index (χ3n) is 3.67. The smallest absolute Gasteiger partial charge is 0.243 e. The Kier molecular flexibility index (Phi) is 5.56. The normalized spacial score (nSPS) is 23.2. The minimum Gasteiger partial charge on any atom is -0.398 e. The zero-order valence-electron chi connectivity index (χ0n) is 11.6. The zero-order valence-corrected chi connectivity index (χ0v) is 14.8. The lowest BCUT2D eigenvalue weighted by atomic mass is 9.96. The van der Waals surface area contributed by atoms with Crippen molar-refractivity contribution in [3.8, 4) is 0 Å². The molecule has 21 heavy (non-hydrogen) atoms. The van der Waals surface area contributed by atoms with E-state index in [4.69, 9.17) is 5.73 Å². The summed E-state index contributed by atoms with van der Waals surface area (Å²) < 4.78 is 41.4. The SMILES string of the molecule is CSC1CCC(NS(=O)(=O)c2cc(N)c(Br)cc2F)CC1. The van der Waals surface area contributed by atoms with Crippen molar-refractivity contribution in [2.75, 3.05) is 12.0 Å². The summed E-state index contributed by atoms with van der Waals surface area (Å²) in [5.74, 6) is -0.804. The fraction of sp³-hybridized carbons (Fsp3) is 0.538. The van der Waals surface area contributed by atoms with Crippen LogP contribution in [0, 0.1) is 5.82 Å². The first-order chi connectivity index (χ1) is 9.83. The number of benzene rings is 1. The number of thioether (sulfide) groups is 1. The molecular formula is C13H18BrFN2O2S2. The molecule has 4 nitrogen and oxygen atoms in total. The van der Waals surface area contributed by atoms with Crippen molar-refractivity contribution in [1.82, 2.24) is 4.72 Å². The standard InChI is InChI=1S/C13H18BrFN2O2S2/c1-20-9-4-2-8(3-5-9)17-21(18,19)13-7-12(16)10(14)6-11(13)15/h6-9,17H,2-5,16H2,1H3. The first kappa shape index (κ1) is 17.1. The second-order valence-corrected chi connectivity index (χ2v) is 8.81. The van der Waals surface area contributed by atoms with E-state index in [1.54, 1.807) is 0 Å². The highest BCUT2D eigenvalue weighted by atomic mass is 79.9. The van der Waals surface area contributed by atoms with Gasteiger partial charge in [-0.25, -0.2) is 17.5 Å². The number of hydrogen-bond acceptors (Lipinski definition) is 4. The lowest BCUT2D eigenvalue weighted by Gasteiger charge is -2.27. The number of nitrogen functional groups attached to an aromatic ring is 1. The molecule has 0 saturated heterocycles. The van der Waals surface area contributed by atoms with Gasteiger partial charge in [-0.05, 0) is 60.0 Å². The van der Waals surface area contributed by atoms with Gasteiger partial charge in [-0.1, -0.05) is 0 Å². The van der Waals surface area contributed by atoms with Gasteiger partial charge in [0.1, 0.15) is 10.7 Å². The predicted octanol–water partition coefficient (Wildman–Crippen LogP) is 3.12. The molecule has 1 aliphatic carbocycles.